The highest BCUT2D eigenvalue weighted by Crippen LogP contribution is 2.24. The van der Waals surface area contributed by atoms with Gasteiger partial charge in [-0.1, -0.05) is 0 Å². The van der Waals surface area contributed by atoms with Gasteiger partial charge in [-0.25, -0.2) is 23.1 Å². The number of nitrogens with zero attached hydrogens (tertiary/aromatic N) is 4. The SMILES string of the molecule is COc1ccc(S(=O)(=O)Nc2ccc(Nc3cc(-n4cccn4)ncn3)cc2)cc1C. The van der Waals surface area contributed by atoms with Gasteiger partial charge in [0.1, 0.15) is 17.9 Å². The number of aromatic nitrogens is 4. The summed E-state index contributed by atoms with van der Waals surface area (Å²) in [4.78, 5) is 8.56. The minimum atomic E-state index is -3.72. The van der Waals surface area contributed by atoms with Gasteiger partial charge in [-0.05, 0) is 61.0 Å². The maximum atomic E-state index is 12.7. The number of hydrogen-bond acceptors (Lipinski definition) is 7. The molecule has 4 rings (SSSR count). The molecule has 0 aliphatic carbocycles. The molecule has 0 spiro atoms. The van der Waals surface area contributed by atoms with E-state index < -0.39 is 10.0 Å². The molecule has 31 heavy (non-hydrogen) atoms. The average molecular weight is 436 g/mol. The van der Waals surface area contributed by atoms with Gasteiger partial charge in [0.05, 0.1) is 12.0 Å². The Labute approximate surface area is 179 Å². The number of hydrogen-bond donors (Lipinski definition) is 2. The lowest BCUT2D eigenvalue weighted by Crippen LogP contribution is -2.13. The fraction of sp³-hybridized carbons (Fsp3) is 0.0952. The molecule has 0 unspecified atom stereocenters. The first-order chi connectivity index (χ1) is 14.9. The molecule has 4 aromatic rings. The van der Waals surface area contributed by atoms with Crippen LogP contribution in [-0.4, -0.2) is 35.3 Å². The lowest BCUT2D eigenvalue weighted by atomic mass is 10.2. The molecule has 0 bridgehead atoms. The van der Waals surface area contributed by atoms with Crippen molar-refractivity contribution in [3.8, 4) is 11.6 Å². The molecule has 2 heterocycles. The first-order valence-electron chi connectivity index (χ1n) is 9.31. The largest absolute Gasteiger partial charge is 0.496 e. The molecule has 0 atom stereocenters. The molecule has 2 aromatic heterocycles. The van der Waals surface area contributed by atoms with Crippen LogP contribution in [0.4, 0.5) is 17.2 Å². The summed E-state index contributed by atoms with van der Waals surface area (Å²) in [6.45, 7) is 1.79. The van der Waals surface area contributed by atoms with Crippen molar-refractivity contribution in [1.29, 1.82) is 0 Å². The van der Waals surface area contributed by atoms with E-state index in [0.717, 1.165) is 11.3 Å². The highest BCUT2D eigenvalue weighted by molar-refractivity contribution is 7.92. The van der Waals surface area contributed by atoms with Gasteiger partial charge < -0.3 is 10.1 Å². The van der Waals surface area contributed by atoms with Crippen LogP contribution < -0.4 is 14.8 Å². The van der Waals surface area contributed by atoms with Crippen molar-refractivity contribution < 1.29 is 13.2 Å². The second-order valence-electron chi connectivity index (χ2n) is 6.65. The van der Waals surface area contributed by atoms with E-state index in [1.165, 1.54) is 12.4 Å². The molecule has 0 aliphatic rings. The topological polar surface area (TPSA) is 111 Å². The fourth-order valence-corrected chi connectivity index (χ4v) is 4.09. The molecular formula is C21H20N6O3S. The number of nitrogens with one attached hydrogen (secondary N) is 2. The number of sulfonamides is 1. The highest BCUT2D eigenvalue weighted by Gasteiger charge is 2.15. The van der Waals surface area contributed by atoms with Crippen LogP contribution in [0.1, 0.15) is 5.56 Å². The van der Waals surface area contributed by atoms with Crippen molar-refractivity contribution in [3.63, 3.8) is 0 Å². The van der Waals surface area contributed by atoms with Gasteiger partial charge in [0.15, 0.2) is 5.82 Å². The van der Waals surface area contributed by atoms with Crippen molar-refractivity contribution in [1.82, 2.24) is 19.7 Å². The monoisotopic (exact) mass is 436 g/mol. The van der Waals surface area contributed by atoms with E-state index in [1.54, 1.807) is 73.6 Å². The third kappa shape index (κ3) is 4.64. The Bertz CT molecular complexity index is 1290. The van der Waals surface area contributed by atoms with E-state index in [-0.39, 0.29) is 4.90 Å². The maximum absolute atomic E-state index is 12.7. The van der Waals surface area contributed by atoms with Crippen molar-refractivity contribution in [2.24, 2.45) is 0 Å². The van der Waals surface area contributed by atoms with Gasteiger partial charge in [-0.15, -0.1) is 0 Å². The van der Waals surface area contributed by atoms with Gasteiger partial charge in [0.2, 0.25) is 0 Å². The summed E-state index contributed by atoms with van der Waals surface area (Å²) in [5.41, 5.74) is 1.93. The summed E-state index contributed by atoms with van der Waals surface area (Å²) in [7, 11) is -2.17. The van der Waals surface area contributed by atoms with Crippen LogP contribution in [0.15, 0.2) is 78.2 Å². The van der Waals surface area contributed by atoms with E-state index in [2.05, 4.69) is 25.1 Å². The zero-order chi connectivity index (χ0) is 21.8. The molecule has 2 N–H and O–H groups in total. The van der Waals surface area contributed by atoms with Crippen LogP contribution in [0.2, 0.25) is 0 Å². The molecule has 0 saturated heterocycles. The van der Waals surface area contributed by atoms with Crippen molar-refractivity contribution in [3.05, 3.63) is 78.9 Å². The van der Waals surface area contributed by atoms with Crippen LogP contribution in [0.25, 0.3) is 5.82 Å². The zero-order valence-electron chi connectivity index (χ0n) is 16.9. The van der Waals surface area contributed by atoms with Crippen molar-refractivity contribution in [2.75, 3.05) is 17.1 Å². The van der Waals surface area contributed by atoms with Crippen molar-refractivity contribution >= 4 is 27.2 Å². The Morgan fingerprint density at radius 1 is 1.00 bits per heavy atom. The Kier molecular flexibility index (Phi) is 5.54. The summed E-state index contributed by atoms with van der Waals surface area (Å²) in [6, 6.07) is 15.1. The molecule has 9 nitrogen and oxygen atoms in total. The van der Waals surface area contributed by atoms with Gasteiger partial charge in [0.25, 0.3) is 10.0 Å². The van der Waals surface area contributed by atoms with Gasteiger partial charge in [-0.3, -0.25) is 4.72 Å². The Morgan fingerprint density at radius 3 is 2.45 bits per heavy atom. The predicted molar refractivity (Wildman–Crippen MR) is 117 cm³/mol. The molecular weight excluding hydrogens is 416 g/mol. The Morgan fingerprint density at radius 2 is 1.77 bits per heavy atom. The van der Waals surface area contributed by atoms with Crippen LogP contribution in [0, 0.1) is 6.92 Å². The van der Waals surface area contributed by atoms with E-state index in [0.29, 0.717) is 23.1 Å². The van der Waals surface area contributed by atoms with Crippen molar-refractivity contribution in [2.45, 2.75) is 11.8 Å². The molecule has 2 aromatic carbocycles. The number of benzene rings is 2. The standard InChI is InChI=1S/C21H20N6O3S/c1-15-12-18(8-9-19(15)30-2)31(28,29)26-17-6-4-16(5-7-17)25-20-13-21(23-14-22-20)27-11-3-10-24-27/h3-14,26H,1-2H3,(H,22,23,25). The molecule has 0 radical (unpaired) electrons. The number of rotatable bonds is 7. The van der Waals surface area contributed by atoms with E-state index in [4.69, 9.17) is 4.74 Å². The predicted octanol–water partition coefficient (Wildman–Crippen LogP) is 3.52. The molecule has 0 saturated carbocycles. The smallest absolute Gasteiger partial charge is 0.261 e. The molecule has 0 fully saturated rings. The summed E-state index contributed by atoms with van der Waals surface area (Å²) < 4.78 is 34.8. The van der Waals surface area contributed by atoms with Gasteiger partial charge >= 0.3 is 0 Å². The quantitative estimate of drug-likeness (QED) is 0.456. The Balaban J connectivity index is 1.47. The minimum absolute atomic E-state index is 0.167. The van der Waals surface area contributed by atoms with E-state index in [9.17, 15) is 8.42 Å². The fourth-order valence-electron chi connectivity index (χ4n) is 2.95. The molecule has 0 aliphatic heterocycles. The van der Waals surface area contributed by atoms with Crippen LogP contribution in [0.5, 0.6) is 5.75 Å². The van der Waals surface area contributed by atoms with Gasteiger partial charge in [0, 0.05) is 29.8 Å². The molecule has 158 valence electrons. The van der Waals surface area contributed by atoms with Crippen LogP contribution in [-0.2, 0) is 10.0 Å². The number of anilines is 3. The number of methoxy groups -OCH3 is 1. The molecule has 0 amide bonds. The maximum Gasteiger partial charge on any atom is 0.261 e. The second-order valence-corrected chi connectivity index (χ2v) is 8.33. The zero-order valence-corrected chi connectivity index (χ0v) is 17.7. The van der Waals surface area contributed by atoms with Gasteiger partial charge in [-0.2, -0.15) is 5.10 Å². The summed E-state index contributed by atoms with van der Waals surface area (Å²) in [5.74, 6) is 1.85. The summed E-state index contributed by atoms with van der Waals surface area (Å²) in [5, 5.41) is 7.31. The first-order valence-corrected chi connectivity index (χ1v) is 10.8. The summed E-state index contributed by atoms with van der Waals surface area (Å²) >= 11 is 0. The normalized spacial score (nSPS) is 11.2. The molecule has 10 heteroatoms. The third-order valence-electron chi connectivity index (χ3n) is 4.48. The summed E-state index contributed by atoms with van der Waals surface area (Å²) in [6.07, 6.45) is 4.90. The second kappa shape index (κ2) is 8.44. The average Bonchev–Trinajstić information content (AvgIpc) is 3.30. The van der Waals surface area contributed by atoms with E-state index >= 15 is 0 Å². The lowest BCUT2D eigenvalue weighted by Gasteiger charge is -2.11. The Hall–Kier alpha value is -3.92. The third-order valence-corrected chi connectivity index (χ3v) is 5.86. The lowest BCUT2D eigenvalue weighted by molar-refractivity contribution is 0.411. The first kappa shape index (κ1) is 20.4. The van der Waals surface area contributed by atoms with Crippen LogP contribution >= 0.6 is 0 Å². The number of aryl methyl sites for hydroxylation is 1. The number of ether oxygens (including phenoxy) is 1. The highest BCUT2D eigenvalue weighted by atomic mass is 32.2. The van der Waals surface area contributed by atoms with E-state index in [1.807, 2.05) is 6.07 Å². The van der Waals surface area contributed by atoms with Crippen LogP contribution in [0.3, 0.4) is 0 Å². The minimum Gasteiger partial charge on any atom is -0.496 e.